The number of hydrogen-bond donors (Lipinski definition) is 0. The van der Waals surface area contributed by atoms with Crippen LogP contribution in [0.15, 0.2) is 60.8 Å². The number of aryl methyl sites for hydroxylation is 1. The molecule has 0 N–H and O–H groups in total. The molecule has 0 amide bonds. The van der Waals surface area contributed by atoms with Crippen molar-refractivity contribution in [2.45, 2.75) is 51.6 Å². The molecule has 1 fully saturated rings. The number of benzene rings is 2. The summed E-state index contributed by atoms with van der Waals surface area (Å²) in [5, 5.41) is 13.4. The van der Waals surface area contributed by atoms with Gasteiger partial charge in [-0.25, -0.2) is 0 Å². The predicted octanol–water partition coefficient (Wildman–Crippen LogP) is 8.00. The van der Waals surface area contributed by atoms with Gasteiger partial charge in [0.2, 0.25) is 0 Å². The minimum Gasteiger partial charge on any atom is -0.356 e. The van der Waals surface area contributed by atoms with Crippen LogP contribution in [0.5, 0.6) is 0 Å². The van der Waals surface area contributed by atoms with E-state index < -0.39 is 0 Å². The summed E-state index contributed by atoms with van der Waals surface area (Å²) in [6.07, 6.45) is 11.5. The molecule has 8 rings (SSSR count). The largest absolute Gasteiger partial charge is 0.356 e. The molecule has 0 atom stereocenters. The van der Waals surface area contributed by atoms with Crippen molar-refractivity contribution in [3.63, 3.8) is 0 Å². The average molecular weight is 681 g/mol. The summed E-state index contributed by atoms with van der Waals surface area (Å²) in [6, 6.07) is 20.7. The Morgan fingerprint density at radius 3 is 2.62 bits per heavy atom. The maximum absolute atomic E-state index is 4.80. The molecule has 1 aliphatic rings. The molecule has 2 aromatic carbocycles. The first-order valence-electron chi connectivity index (χ1n) is 13.0. The van der Waals surface area contributed by atoms with E-state index in [1.54, 1.807) is 0 Å². The summed E-state index contributed by atoms with van der Waals surface area (Å²) < 4.78 is 7.98. The monoisotopic (exact) mass is 681 g/mol. The molecule has 0 aliphatic heterocycles. The zero-order valence-electron chi connectivity index (χ0n) is 20.6. The Morgan fingerprint density at radius 2 is 1.76 bits per heavy atom. The van der Waals surface area contributed by atoms with Crippen LogP contribution in [-0.2, 0) is 26.7 Å². The van der Waals surface area contributed by atoms with Gasteiger partial charge in [0.05, 0.1) is 5.52 Å². The van der Waals surface area contributed by atoms with E-state index in [0.29, 0.717) is 6.04 Å². The zero-order valence-corrected chi connectivity index (χ0v) is 23.8. The minimum atomic E-state index is 0. The van der Waals surface area contributed by atoms with Crippen LogP contribution in [0, 0.1) is 6.20 Å². The smallest absolute Gasteiger partial charge is 0.0797 e. The first-order valence-corrected chi connectivity index (χ1v) is 13.8. The molecular formula is C30H26IrN5S-. The number of fused-ring (bicyclic) bond motifs is 9. The number of thiophene rings is 1. The fourth-order valence-electron chi connectivity index (χ4n) is 6.40. The summed E-state index contributed by atoms with van der Waals surface area (Å²) in [5.41, 5.74) is 7.17. The molecule has 1 aliphatic carbocycles. The van der Waals surface area contributed by atoms with Gasteiger partial charge < -0.3 is 14.3 Å². The van der Waals surface area contributed by atoms with Gasteiger partial charge in [-0.3, -0.25) is 4.52 Å². The molecule has 0 spiro atoms. The summed E-state index contributed by atoms with van der Waals surface area (Å²) >= 11 is 1.86. The van der Waals surface area contributed by atoms with Gasteiger partial charge in [0, 0.05) is 70.3 Å². The van der Waals surface area contributed by atoms with Crippen molar-refractivity contribution in [2.75, 3.05) is 0 Å². The van der Waals surface area contributed by atoms with Crippen LogP contribution in [0.3, 0.4) is 0 Å². The first-order chi connectivity index (χ1) is 17.8. The van der Waals surface area contributed by atoms with Gasteiger partial charge in [0.25, 0.3) is 0 Å². The molecule has 7 aromatic rings. The molecule has 1 saturated carbocycles. The third-order valence-corrected chi connectivity index (χ3v) is 9.29. The van der Waals surface area contributed by atoms with Gasteiger partial charge >= 0.3 is 0 Å². The maximum atomic E-state index is 4.80. The molecule has 0 saturated heterocycles. The number of hydrogen-bond acceptors (Lipinski definition) is 3. The van der Waals surface area contributed by atoms with E-state index in [1.807, 2.05) is 22.0 Å². The summed E-state index contributed by atoms with van der Waals surface area (Å²) in [5.74, 6) is 0. The zero-order chi connectivity index (χ0) is 23.8. The second-order valence-electron chi connectivity index (χ2n) is 10.0. The van der Waals surface area contributed by atoms with Crippen molar-refractivity contribution < 1.29 is 20.1 Å². The van der Waals surface area contributed by atoms with Crippen LogP contribution < -0.4 is 0 Å². The molecule has 5 aromatic heterocycles. The van der Waals surface area contributed by atoms with Crippen molar-refractivity contribution in [1.29, 1.82) is 0 Å². The quantitative estimate of drug-likeness (QED) is 0.178. The molecular weight excluding hydrogens is 655 g/mol. The van der Waals surface area contributed by atoms with Gasteiger partial charge in [-0.1, -0.05) is 72.2 Å². The van der Waals surface area contributed by atoms with Crippen LogP contribution in [-0.4, -0.2) is 24.0 Å². The molecule has 37 heavy (non-hydrogen) atoms. The number of para-hydroxylation sites is 1. The third kappa shape index (κ3) is 3.30. The van der Waals surface area contributed by atoms with Gasteiger partial charge in [0.1, 0.15) is 0 Å². The summed E-state index contributed by atoms with van der Waals surface area (Å²) in [4.78, 5) is 1.28. The Balaban J connectivity index is 0.00000231. The van der Waals surface area contributed by atoms with Gasteiger partial charge in [0.15, 0.2) is 0 Å². The second kappa shape index (κ2) is 8.80. The van der Waals surface area contributed by atoms with Gasteiger partial charge in [-0.2, -0.15) is 5.10 Å². The van der Waals surface area contributed by atoms with Crippen LogP contribution in [0.4, 0.5) is 0 Å². The molecule has 7 heteroatoms. The van der Waals surface area contributed by atoms with E-state index in [1.165, 1.54) is 80.0 Å². The SMILES string of the molecule is CCn1c2ccccc2c2cc(-c3cc4c(s3)c3ccnn3c3[c-]nn(C5CCCCC5)c43)ccc21.[Ir]. The molecule has 0 bridgehead atoms. The summed E-state index contributed by atoms with van der Waals surface area (Å²) in [6.45, 7) is 3.19. The average Bonchev–Trinajstić information content (AvgIpc) is 3.71. The number of rotatable bonds is 3. The molecule has 5 nitrogen and oxygen atoms in total. The molecule has 0 unspecified atom stereocenters. The Morgan fingerprint density at radius 1 is 0.919 bits per heavy atom. The number of nitrogens with zero attached hydrogens (tertiary/aromatic N) is 5. The first kappa shape index (κ1) is 23.1. The van der Waals surface area contributed by atoms with E-state index in [2.05, 4.69) is 82.1 Å². The topological polar surface area (TPSA) is 40.1 Å². The van der Waals surface area contributed by atoms with Crippen molar-refractivity contribution >= 4 is 59.8 Å². The van der Waals surface area contributed by atoms with Crippen molar-refractivity contribution in [2.24, 2.45) is 0 Å². The van der Waals surface area contributed by atoms with Crippen LogP contribution in [0.2, 0.25) is 0 Å². The van der Waals surface area contributed by atoms with Crippen LogP contribution >= 0.6 is 11.3 Å². The fourth-order valence-corrected chi connectivity index (χ4v) is 7.57. The van der Waals surface area contributed by atoms with Crippen molar-refractivity contribution in [1.82, 2.24) is 24.0 Å². The van der Waals surface area contributed by atoms with Gasteiger partial charge in [-0.15, -0.1) is 11.3 Å². The van der Waals surface area contributed by atoms with Gasteiger partial charge in [-0.05, 0) is 49.6 Å². The standard InChI is InChI=1S/C30H26N5S.Ir/c1-2-33-24-11-7-6-10-21(24)22-16-19(12-13-25(22)33)28-17-23-29-27(35-26(14-15-31-35)30(23)36-28)18-32-34(29)20-8-4-3-5-9-20;/h6-7,10-17,20H,2-5,8-9H2,1H3;/q-1;. The molecule has 5 heterocycles. The van der Waals surface area contributed by atoms with E-state index in [-0.39, 0.29) is 20.1 Å². The molecule has 1 radical (unpaired) electrons. The number of pyridine rings is 1. The maximum Gasteiger partial charge on any atom is 0.0797 e. The van der Waals surface area contributed by atoms with Crippen LogP contribution in [0.25, 0.3) is 58.9 Å². The Labute approximate surface area is 232 Å². The van der Waals surface area contributed by atoms with Crippen molar-refractivity contribution in [3.8, 4) is 10.4 Å². The van der Waals surface area contributed by atoms with E-state index in [4.69, 9.17) is 5.10 Å². The second-order valence-corrected chi connectivity index (χ2v) is 11.1. The Bertz CT molecular complexity index is 1930. The normalized spacial score (nSPS) is 14.9. The predicted molar refractivity (Wildman–Crippen MR) is 149 cm³/mol. The molecule has 187 valence electrons. The third-order valence-electron chi connectivity index (χ3n) is 8.09. The Kier molecular flexibility index (Phi) is 5.50. The van der Waals surface area contributed by atoms with Crippen molar-refractivity contribution in [3.05, 3.63) is 67.0 Å². The number of aromatic nitrogens is 5. The van der Waals surface area contributed by atoms with Crippen LogP contribution in [0.1, 0.15) is 45.1 Å². The van der Waals surface area contributed by atoms with E-state index in [0.717, 1.165) is 17.6 Å². The minimum absolute atomic E-state index is 0. The Hall–Kier alpha value is -2.99. The fraction of sp³-hybridized carbons (Fsp3) is 0.267. The van der Waals surface area contributed by atoms with E-state index in [9.17, 15) is 0 Å². The van der Waals surface area contributed by atoms with E-state index >= 15 is 0 Å². The summed E-state index contributed by atoms with van der Waals surface area (Å²) in [7, 11) is 0.